The van der Waals surface area contributed by atoms with Gasteiger partial charge < -0.3 is 15.3 Å². The number of carboxylic acid groups (broad SMARTS) is 1. The van der Waals surface area contributed by atoms with Crippen LogP contribution in [0.15, 0.2) is 60.7 Å². The van der Waals surface area contributed by atoms with E-state index >= 15 is 0 Å². The number of rotatable bonds is 6. The van der Waals surface area contributed by atoms with E-state index in [1.807, 2.05) is 30.3 Å². The van der Waals surface area contributed by atoms with Crippen LogP contribution >= 0.6 is 0 Å². The van der Waals surface area contributed by atoms with Gasteiger partial charge in [-0.05, 0) is 17.7 Å². The number of benzene rings is 2. The summed E-state index contributed by atoms with van der Waals surface area (Å²) in [5.41, 5.74) is 1.44. The van der Waals surface area contributed by atoms with Crippen LogP contribution in [0.1, 0.15) is 11.6 Å². The average molecular weight is 298 g/mol. The third-order valence-corrected chi connectivity index (χ3v) is 3.26. The molecular formula is C17H18N2O3. The Labute approximate surface area is 129 Å². The van der Waals surface area contributed by atoms with E-state index in [4.69, 9.17) is 0 Å². The number of hydrogen-bond acceptors (Lipinski definition) is 3. The second-order valence-electron chi connectivity index (χ2n) is 4.94. The lowest BCUT2D eigenvalue weighted by molar-refractivity contribution is -0.141. The SMILES string of the molecule is CN(CC(=O)N[C@H](C(=O)O)c1ccccc1)c1ccccc1. The van der Waals surface area contributed by atoms with Crippen molar-refractivity contribution in [3.8, 4) is 0 Å². The number of anilines is 1. The maximum Gasteiger partial charge on any atom is 0.330 e. The molecule has 1 amide bonds. The molecule has 0 spiro atoms. The number of para-hydroxylation sites is 1. The van der Waals surface area contributed by atoms with Gasteiger partial charge in [-0.2, -0.15) is 0 Å². The number of nitrogens with zero attached hydrogens (tertiary/aromatic N) is 1. The summed E-state index contributed by atoms with van der Waals surface area (Å²) in [6, 6.07) is 17.0. The van der Waals surface area contributed by atoms with Crippen LogP contribution in [0.5, 0.6) is 0 Å². The minimum Gasteiger partial charge on any atom is -0.479 e. The number of aliphatic carboxylic acids is 1. The molecule has 2 aromatic rings. The van der Waals surface area contributed by atoms with Crippen molar-refractivity contribution in [3.05, 3.63) is 66.2 Å². The first-order chi connectivity index (χ1) is 10.6. The first kappa shape index (κ1) is 15.6. The van der Waals surface area contributed by atoms with E-state index in [-0.39, 0.29) is 12.5 Å². The molecule has 2 aromatic carbocycles. The summed E-state index contributed by atoms with van der Waals surface area (Å²) in [5, 5.41) is 11.9. The minimum atomic E-state index is -1.08. The van der Waals surface area contributed by atoms with E-state index in [1.54, 1.807) is 42.3 Å². The summed E-state index contributed by atoms with van der Waals surface area (Å²) in [6.07, 6.45) is 0. The third kappa shape index (κ3) is 4.09. The molecule has 0 aromatic heterocycles. The number of likely N-dealkylation sites (N-methyl/N-ethyl adjacent to an activating group) is 1. The van der Waals surface area contributed by atoms with Gasteiger partial charge >= 0.3 is 5.97 Å². The predicted molar refractivity (Wildman–Crippen MR) is 84.7 cm³/mol. The lowest BCUT2D eigenvalue weighted by Crippen LogP contribution is -2.40. The molecule has 0 saturated heterocycles. The van der Waals surface area contributed by atoms with Gasteiger partial charge in [-0.1, -0.05) is 48.5 Å². The Kier molecular flexibility index (Phi) is 5.14. The molecule has 114 valence electrons. The first-order valence-electron chi connectivity index (χ1n) is 6.91. The van der Waals surface area contributed by atoms with Crippen LogP contribution in [0.4, 0.5) is 5.69 Å². The fourth-order valence-electron chi connectivity index (χ4n) is 2.13. The summed E-state index contributed by atoms with van der Waals surface area (Å²) in [4.78, 5) is 25.2. The van der Waals surface area contributed by atoms with Gasteiger partial charge in [0.15, 0.2) is 6.04 Å². The van der Waals surface area contributed by atoms with Gasteiger partial charge in [-0.3, -0.25) is 4.79 Å². The van der Waals surface area contributed by atoms with E-state index < -0.39 is 12.0 Å². The van der Waals surface area contributed by atoms with Crippen molar-refractivity contribution < 1.29 is 14.7 Å². The maximum atomic E-state index is 12.1. The molecule has 0 aliphatic carbocycles. The molecule has 5 heteroatoms. The molecule has 1 atom stereocenters. The van der Waals surface area contributed by atoms with Gasteiger partial charge in [0, 0.05) is 12.7 Å². The number of amides is 1. The molecule has 0 aliphatic heterocycles. The summed E-state index contributed by atoms with van der Waals surface area (Å²) >= 11 is 0. The molecule has 2 N–H and O–H groups in total. The smallest absolute Gasteiger partial charge is 0.330 e. The van der Waals surface area contributed by atoms with Crippen LogP contribution in [-0.4, -0.2) is 30.6 Å². The normalized spacial score (nSPS) is 11.5. The highest BCUT2D eigenvalue weighted by Crippen LogP contribution is 2.14. The van der Waals surface area contributed by atoms with Gasteiger partial charge in [-0.15, -0.1) is 0 Å². The number of carbonyl (C=O) groups excluding carboxylic acids is 1. The number of carbonyl (C=O) groups is 2. The molecule has 0 bridgehead atoms. The van der Waals surface area contributed by atoms with Crippen LogP contribution in [0.3, 0.4) is 0 Å². The van der Waals surface area contributed by atoms with Crippen molar-refractivity contribution in [1.82, 2.24) is 5.32 Å². The molecule has 0 radical (unpaired) electrons. The average Bonchev–Trinajstić information content (AvgIpc) is 2.54. The molecule has 0 fully saturated rings. The Morgan fingerprint density at radius 1 is 1.05 bits per heavy atom. The predicted octanol–water partition coefficient (Wildman–Crippen LogP) is 2.06. The van der Waals surface area contributed by atoms with E-state index in [1.165, 1.54) is 0 Å². The molecular weight excluding hydrogens is 280 g/mol. The van der Waals surface area contributed by atoms with Gasteiger partial charge in [0.1, 0.15) is 0 Å². The van der Waals surface area contributed by atoms with E-state index in [9.17, 15) is 14.7 Å². The largest absolute Gasteiger partial charge is 0.479 e. The summed E-state index contributed by atoms with van der Waals surface area (Å²) in [6.45, 7) is 0.0840. The van der Waals surface area contributed by atoms with Crippen molar-refractivity contribution in [2.45, 2.75) is 6.04 Å². The van der Waals surface area contributed by atoms with Crippen LogP contribution in [0.2, 0.25) is 0 Å². The van der Waals surface area contributed by atoms with Gasteiger partial charge in [0.2, 0.25) is 5.91 Å². The first-order valence-corrected chi connectivity index (χ1v) is 6.91. The second-order valence-corrected chi connectivity index (χ2v) is 4.94. The van der Waals surface area contributed by atoms with Crippen molar-refractivity contribution >= 4 is 17.6 Å². The summed E-state index contributed by atoms with van der Waals surface area (Å²) in [5.74, 6) is -1.43. The highest BCUT2D eigenvalue weighted by Gasteiger charge is 2.22. The Balaban J connectivity index is 2.02. The second kappa shape index (κ2) is 7.26. The van der Waals surface area contributed by atoms with Crippen molar-refractivity contribution in [1.29, 1.82) is 0 Å². The molecule has 2 rings (SSSR count). The van der Waals surface area contributed by atoms with Gasteiger partial charge in [0.05, 0.1) is 6.54 Å². The number of hydrogen-bond donors (Lipinski definition) is 2. The van der Waals surface area contributed by atoms with Gasteiger partial charge in [-0.25, -0.2) is 4.79 Å². The van der Waals surface area contributed by atoms with Crippen molar-refractivity contribution in [3.63, 3.8) is 0 Å². The third-order valence-electron chi connectivity index (χ3n) is 3.26. The molecule has 22 heavy (non-hydrogen) atoms. The van der Waals surface area contributed by atoms with Crippen LogP contribution in [-0.2, 0) is 9.59 Å². The quantitative estimate of drug-likeness (QED) is 0.856. The molecule has 0 saturated carbocycles. The van der Waals surface area contributed by atoms with Crippen LogP contribution in [0, 0.1) is 0 Å². The Bertz CT molecular complexity index is 629. The topological polar surface area (TPSA) is 69.6 Å². The van der Waals surface area contributed by atoms with E-state index in [0.717, 1.165) is 5.69 Å². The highest BCUT2D eigenvalue weighted by molar-refractivity contribution is 5.87. The Morgan fingerprint density at radius 2 is 1.59 bits per heavy atom. The van der Waals surface area contributed by atoms with Crippen molar-refractivity contribution in [2.24, 2.45) is 0 Å². The Hall–Kier alpha value is -2.82. The van der Waals surface area contributed by atoms with Crippen LogP contribution in [0.25, 0.3) is 0 Å². The lowest BCUT2D eigenvalue weighted by Gasteiger charge is -2.21. The van der Waals surface area contributed by atoms with Crippen molar-refractivity contribution in [2.75, 3.05) is 18.5 Å². The van der Waals surface area contributed by atoms with E-state index in [2.05, 4.69) is 5.32 Å². The maximum absolute atomic E-state index is 12.1. The fraction of sp³-hybridized carbons (Fsp3) is 0.176. The zero-order valence-electron chi connectivity index (χ0n) is 12.3. The minimum absolute atomic E-state index is 0.0840. The zero-order chi connectivity index (χ0) is 15.9. The molecule has 0 unspecified atom stereocenters. The van der Waals surface area contributed by atoms with Gasteiger partial charge in [0.25, 0.3) is 0 Å². The Morgan fingerprint density at radius 3 is 2.14 bits per heavy atom. The molecule has 0 aliphatic rings. The fourth-order valence-corrected chi connectivity index (χ4v) is 2.13. The summed E-state index contributed by atoms with van der Waals surface area (Å²) < 4.78 is 0. The van der Waals surface area contributed by atoms with Crippen LogP contribution < -0.4 is 10.2 Å². The zero-order valence-corrected chi connectivity index (χ0v) is 12.3. The molecule has 0 heterocycles. The van der Waals surface area contributed by atoms with E-state index in [0.29, 0.717) is 5.56 Å². The highest BCUT2D eigenvalue weighted by atomic mass is 16.4. The molecule has 5 nitrogen and oxygen atoms in total. The number of nitrogens with one attached hydrogen (secondary N) is 1. The monoisotopic (exact) mass is 298 g/mol. The lowest BCUT2D eigenvalue weighted by atomic mass is 10.1. The summed E-state index contributed by atoms with van der Waals surface area (Å²) in [7, 11) is 1.78. The number of carboxylic acids is 1. The standard InChI is InChI=1S/C17H18N2O3/c1-19(14-10-6-3-7-11-14)12-15(20)18-16(17(21)22)13-8-4-2-5-9-13/h2-11,16H,12H2,1H3,(H,18,20)(H,21,22)/t16-/m0/s1.